The fraction of sp³-hybridized carbons (Fsp3) is 0.190. The quantitative estimate of drug-likeness (QED) is 0.593. The van der Waals surface area contributed by atoms with Crippen LogP contribution in [0.5, 0.6) is 5.75 Å². The molecular formula is C21H19F2N5O2. The van der Waals surface area contributed by atoms with E-state index in [9.17, 15) is 13.6 Å². The van der Waals surface area contributed by atoms with Gasteiger partial charge in [-0.1, -0.05) is 6.08 Å². The summed E-state index contributed by atoms with van der Waals surface area (Å²) in [7, 11) is 0. The molecule has 0 saturated heterocycles. The molecule has 2 aromatic heterocycles. The molecule has 1 aromatic carbocycles. The number of rotatable bonds is 5. The molecule has 0 saturated carbocycles. The number of aromatic amines is 1. The summed E-state index contributed by atoms with van der Waals surface area (Å²) in [5.74, 6) is -1.20. The minimum atomic E-state index is -1.76. The summed E-state index contributed by atoms with van der Waals surface area (Å²) in [5.41, 5.74) is 6.88. The third-order valence-corrected chi connectivity index (χ3v) is 4.71. The smallest absolute Gasteiger partial charge is 0.257 e. The molecule has 1 atom stereocenters. The first kappa shape index (κ1) is 19.6. The van der Waals surface area contributed by atoms with Crippen molar-refractivity contribution in [3.05, 3.63) is 59.7 Å². The average Bonchev–Trinajstić information content (AvgIpc) is 3.15. The highest BCUT2D eigenvalue weighted by molar-refractivity contribution is 6.06. The molecule has 9 heteroatoms. The molecule has 1 unspecified atom stereocenters. The van der Waals surface area contributed by atoms with E-state index in [4.69, 9.17) is 10.5 Å². The van der Waals surface area contributed by atoms with Crippen molar-refractivity contribution in [1.82, 2.24) is 15.2 Å². The second-order valence-electron chi connectivity index (χ2n) is 6.70. The molecule has 0 radical (unpaired) electrons. The topological polar surface area (TPSA) is 106 Å². The van der Waals surface area contributed by atoms with Crippen LogP contribution in [0.1, 0.15) is 13.3 Å². The van der Waals surface area contributed by atoms with Gasteiger partial charge in [0, 0.05) is 17.4 Å². The minimum Gasteiger partial charge on any atom is -0.494 e. The van der Waals surface area contributed by atoms with E-state index in [2.05, 4.69) is 20.5 Å². The lowest BCUT2D eigenvalue weighted by Crippen LogP contribution is -2.26. The number of nitrogens with one attached hydrogen (secondary N) is 2. The van der Waals surface area contributed by atoms with E-state index >= 15 is 0 Å². The van der Waals surface area contributed by atoms with Gasteiger partial charge in [-0.15, -0.1) is 0 Å². The van der Waals surface area contributed by atoms with Crippen LogP contribution in [-0.4, -0.2) is 33.9 Å². The Balaban J connectivity index is 1.64. The highest BCUT2D eigenvalue weighted by atomic mass is 19.1. The average molecular weight is 411 g/mol. The van der Waals surface area contributed by atoms with Crippen LogP contribution in [0, 0.1) is 0 Å². The number of benzene rings is 1. The number of pyridine rings is 1. The van der Waals surface area contributed by atoms with E-state index < -0.39 is 23.5 Å². The number of nitrogens with zero attached hydrogens (tertiary/aromatic N) is 2. The van der Waals surface area contributed by atoms with Gasteiger partial charge < -0.3 is 15.8 Å². The Labute approximate surface area is 170 Å². The minimum absolute atomic E-state index is 0.150. The summed E-state index contributed by atoms with van der Waals surface area (Å²) in [6.07, 6.45) is 0.681. The van der Waals surface area contributed by atoms with Crippen LogP contribution in [0.25, 0.3) is 22.3 Å². The molecule has 154 valence electrons. The van der Waals surface area contributed by atoms with Crippen molar-refractivity contribution in [2.75, 3.05) is 11.9 Å². The fourth-order valence-corrected chi connectivity index (χ4v) is 3.24. The predicted octanol–water partition coefficient (Wildman–Crippen LogP) is 3.77. The molecule has 0 aliphatic heterocycles. The molecule has 1 aliphatic carbocycles. The monoisotopic (exact) mass is 411 g/mol. The van der Waals surface area contributed by atoms with Gasteiger partial charge in [0.1, 0.15) is 11.9 Å². The zero-order valence-electron chi connectivity index (χ0n) is 16.1. The van der Waals surface area contributed by atoms with E-state index in [1.54, 1.807) is 6.07 Å². The Hall–Kier alpha value is -3.75. The SMILES string of the molecule is CCOc1ccc(-c2[nH]nc3ncc(NC(=O)C4=C(F)C(N)=CCC4F)cc23)cc1. The van der Waals surface area contributed by atoms with Crippen LogP contribution in [0.15, 0.2) is 59.7 Å². The van der Waals surface area contributed by atoms with Crippen molar-refractivity contribution in [1.29, 1.82) is 0 Å². The molecule has 4 rings (SSSR count). The Morgan fingerprint density at radius 2 is 2.13 bits per heavy atom. The first-order valence-electron chi connectivity index (χ1n) is 9.36. The summed E-state index contributed by atoms with van der Waals surface area (Å²) in [5, 5.41) is 10.2. The molecule has 3 aromatic rings. The second kappa shape index (κ2) is 7.94. The number of ether oxygens (including phenoxy) is 1. The zero-order chi connectivity index (χ0) is 21.3. The normalized spacial score (nSPS) is 16.5. The predicted molar refractivity (Wildman–Crippen MR) is 109 cm³/mol. The maximum atomic E-state index is 14.2. The molecule has 0 fully saturated rings. The molecule has 0 spiro atoms. The van der Waals surface area contributed by atoms with Crippen LogP contribution in [0.2, 0.25) is 0 Å². The van der Waals surface area contributed by atoms with Gasteiger partial charge in [0.15, 0.2) is 11.5 Å². The number of hydrogen-bond donors (Lipinski definition) is 3. The molecule has 0 bridgehead atoms. The Kier molecular flexibility index (Phi) is 5.18. The fourth-order valence-electron chi connectivity index (χ4n) is 3.24. The van der Waals surface area contributed by atoms with Gasteiger partial charge >= 0.3 is 0 Å². The van der Waals surface area contributed by atoms with E-state index in [-0.39, 0.29) is 17.8 Å². The number of hydrogen-bond acceptors (Lipinski definition) is 5. The highest BCUT2D eigenvalue weighted by Crippen LogP contribution is 2.30. The van der Waals surface area contributed by atoms with Crippen LogP contribution >= 0.6 is 0 Å². The molecule has 1 amide bonds. The van der Waals surface area contributed by atoms with Gasteiger partial charge in [-0.05, 0) is 37.3 Å². The Bertz CT molecular complexity index is 1170. The maximum absolute atomic E-state index is 14.2. The van der Waals surface area contributed by atoms with Gasteiger partial charge in [-0.2, -0.15) is 5.10 Å². The summed E-state index contributed by atoms with van der Waals surface area (Å²) in [6, 6.07) is 9.05. The second-order valence-corrected chi connectivity index (χ2v) is 6.70. The van der Waals surface area contributed by atoms with Gasteiger partial charge in [0.05, 0.1) is 35.5 Å². The summed E-state index contributed by atoms with van der Waals surface area (Å²) < 4.78 is 33.7. The van der Waals surface area contributed by atoms with Crippen LogP contribution in [0.3, 0.4) is 0 Å². The third-order valence-electron chi connectivity index (χ3n) is 4.71. The highest BCUT2D eigenvalue weighted by Gasteiger charge is 2.29. The lowest BCUT2D eigenvalue weighted by molar-refractivity contribution is -0.113. The first-order valence-corrected chi connectivity index (χ1v) is 9.36. The maximum Gasteiger partial charge on any atom is 0.257 e. The Morgan fingerprint density at radius 3 is 2.87 bits per heavy atom. The summed E-state index contributed by atoms with van der Waals surface area (Å²) in [6.45, 7) is 2.47. The van der Waals surface area contributed by atoms with Gasteiger partial charge in [0.25, 0.3) is 5.91 Å². The van der Waals surface area contributed by atoms with Crippen molar-refractivity contribution in [2.24, 2.45) is 5.73 Å². The van der Waals surface area contributed by atoms with Crippen LogP contribution in [0.4, 0.5) is 14.5 Å². The van der Waals surface area contributed by atoms with Gasteiger partial charge in [0.2, 0.25) is 0 Å². The summed E-state index contributed by atoms with van der Waals surface area (Å²) in [4.78, 5) is 16.7. The lowest BCUT2D eigenvalue weighted by atomic mass is 9.99. The number of carbonyl (C=O) groups is 1. The van der Waals surface area contributed by atoms with E-state index in [0.29, 0.717) is 23.3 Å². The van der Waals surface area contributed by atoms with Crippen molar-refractivity contribution < 1.29 is 18.3 Å². The number of aromatic nitrogens is 3. The van der Waals surface area contributed by atoms with Crippen molar-refractivity contribution in [3.63, 3.8) is 0 Å². The molecule has 30 heavy (non-hydrogen) atoms. The van der Waals surface area contributed by atoms with Gasteiger partial charge in [-0.3, -0.25) is 9.89 Å². The molecule has 2 heterocycles. The number of amides is 1. The number of halogens is 2. The number of fused-ring (bicyclic) bond motifs is 1. The van der Waals surface area contributed by atoms with Crippen LogP contribution in [-0.2, 0) is 4.79 Å². The van der Waals surface area contributed by atoms with Crippen molar-refractivity contribution in [3.8, 4) is 17.0 Å². The van der Waals surface area contributed by atoms with E-state index in [1.807, 2.05) is 31.2 Å². The third kappa shape index (κ3) is 3.61. The van der Waals surface area contributed by atoms with Gasteiger partial charge in [-0.25, -0.2) is 13.8 Å². The van der Waals surface area contributed by atoms with Crippen LogP contribution < -0.4 is 15.8 Å². The Morgan fingerprint density at radius 1 is 1.37 bits per heavy atom. The number of nitrogens with two attached hydrogens (primary N) is 1. The van der Waals surface area contributed by atoms with Crippen molar-refractivity contribution in [2.45, 2.75) is 19.5 Å². The van der Waals surface area contributed by atoms with E-state index in [0.717, 1.165) is 11.3 Å². The zero-order valence-corrected chi connectivity index (χ0v) is 16.1. The lowest BCUT2D eigenvalue weighted by Gasteiger charge is -2.17. The number of alkyl halides is 1. The number of carbonyl (C=O) groups excluding carboxylic acids is 1. The molecule has 1 aliphatic rings. The molecule has 7 nitrogen and oxygen atoms in total. The first-order chi connectivity index (χ1) is 14.5. The number of anilines is 1. The molecule has 4 N–H and O–H groups in total. The molecular weight excluding hydrogens is 392 g/mol. The van der Waals surface area contributed by atoms with E-state index in [1.165, 1.54) is 12.3 Å². The number of allylic oxidation sites excluding steroid dienone is 2. The number of H-pyrrole nitrogens is 1. The van der Waals surface area contributed by atoms with Crippen molar-refractivity contribution >= 4 is 22.6 Å². The largest absolute Gasteiger partial charge is 0.494 e. The standard InChI is InChI=1S/C21H19F2N5O2/c1-2-30-13-5-3-11(4-6-13)19-14-9-12(10-25-20(14)28-27-19)26-21(29)17-15(22)7-8-16(24)18(17)23/h3-6,8-10,15H,2,7,24H2,1H3,(H,26,29)(H,25,27,28). The summed E-state index contributed by atoms with van der Waals surface area (Å²) >= 11 is 0.